The normalized spacial score (nSPS) is 11.0. The van der Waals surface area contributed by atoms with E-state index in [1.165, 1.54) is 0 Å². The van der Waals surface area contributed by atoms with Crippen LogP contribution < -0.4 is 10.4 Å². The van der Waals surface area contributed by atoms with Crippen LogP contribution in [0, 0.1) is 0 Å². The average Bonchev–Trinajstić information content (AvgIpc) is 2.90. The molecule has 21 heavy (non-hydrogen) atoms. The van der Waals surface area contributed by atoms with Gasteiger partial charge in [0.15, 0.2) is 0 Å². The van der Waals surface area contributed by atoms with Gasteiger partial charge in [-0.05, 0) is 32.4 Å². The summed E-state index contributed by atoms with van der Waals surface area (Å²) in [5.41, 5.74) is 2.56. The summed E-state index contributed by atoms with van der Waals surface area (Å²) >= 11 is 0. The minimum absolute atomic E-state index is 0.326. The van der Waals surface area contributed by atoms with E-state index in [-0.39, 0.29) is 5.63 Å². The first-order chi connectivity index (χ1) is 10.1. The molecular weight excluding hydrogens is 268 g/mol. The highest BCUT2D eigenvalue weighted by atomic mass is 16.5. The SMILES string of the molecule is COc1c2ccoc2cc2oc(=O)c(CC=C(C)C)cc12. The maximum atomic E-state index is 12.1. The lowest BCUT2D eigenvalue weighted by Crippen LogP contribution is -2.06. The van der Waals surface area contributed by atoms with Crippen molar-refractivity contribution in [3.63, 3.8) is 0 Å². The van der Waals surface area contributed by atoms with E-state index in [1.54, 1.807) is 19.4 Å². The molecular formula is C17H16O4. The highest BCUT2D eigenvalue weighted by Gasteiger charge is 2.14. The van der Waals surface area contributed by atoms with Gasteiger partial charge in [-0.25, -0.2) is 4.79 Å². The first-order valence-electron chi connectivity index (χ1n) is 6.74. The molecule has 0 saturated carbocycles. The summed E-state index contributed by atoms with van der Waals surface area (Å²) in [5, 5.41) is 1.65. The molecule has 1 aromatic carbocycles. The van der Waals surface area contributed by atoms with Gasteiger partial charge in [-0.3, -0.25) is 0 Å². The molecule has 0 atom stereocenters. The lowest BCUT2D eigenvalue weighted by Gasteiger charge is -2.07. The molecule has 0 saturated heterocycles. The van der Waals surface area contributed by atoms with Gasteiger partial charge in [0, 0.05) is 11.6 Å². The van der Waals surface area contributed by atoms with Crippen molar-refractivity contribution in [2.24, 2.45) is 0 Å². The zero-order valence-electron chi connectivity index (χ0n) is 12.2. The molecule has 0 radical (unpaired) electrons. The predicted molar refractivity (Wildman–Crippen MR) is 81.9 cm³/mol. The Morgan fingerprint density at radius 3 is 2.76 bits per heavy atom. The number of ether oxygens (including phenoxy) is 1. The topological polar surface area (TPSA) is 52.6 Å². The Morgan fingerprint density at radius 2 is 2.05 bits per heavy atom. The van der Waals surface area contributed by atoms with Crippen LogP contribution >= 0.6 is 0 Å². The molecule has 0 aliphatic carbocycles. The van der Waals surface area contributed by atoms with Gasteiger partial charge < -0.3 is 13.6 Å². The third kappa shape index (κ3) is 2.33. The second-order valence-electron chi connectivity index (χ2n) is 5.20. The number of rotatable bonds is 3. The largest absolute Gasteiger partial charge is 0.495 e. The van der Waals surface area contributed by atoms with Gasteiger partial charge in [0.25, 0.3) is 0 Å². The number of furan rings is 1. The summed E-state index contributed by atoms with van der Waals surface area (Å²) in [4.78, 5) is 12.1. The summed E-state index contributed by atoms with van der Waals surface area (Å²) in [6, 6.07) is 5.40. The molecule has 4 nitrogen and oxygen atoms in total. The molecule has 3 rings (SSSR count). The van der Waals surface area contributed by atoms with Crippen LogP contribution in [0.3, 0.4) is 0 Å². The van der Waals surface area contributed by atoms with E-state index in [9.17, 15) is 4.79 Å². The molecule has 3 aromatic rings. The van der Waals surface area contributed by atoms with Crippen molar-refractivity contribution >= 4 is 21.9 Å². The monoisotopic (exact) mass is 284 g/mol. The fourth-order valence-corrected chi connectivity index (χ4v) is 2.37. The van der Waals surface area contributed by atoms with Crippen LogP contribution in [0.15, 0.2) is 49.7 Å². The first-order valence-corrected chi connectivity index (χ1v) is 6.74. The van der Waals surface area contributed by atoms with Gasteiger partial charge in [-0.1, -0.05) is 11.6 Å². The Bertz CT molecular complexity index is 892. The molecule has 0 amide bonds. The fraction of sp³-hybridized carbons (Fsp3) is 0.235. The summed E-state index contributed by atoms with van der Waals surface area (Å²) in [6.07, 6.45) is 4.14. The first kappa shape index (κ1) is 13.5. The quantitative estimate of drug-likeness (QED) is 0.537. The molecule has 0 fully saturated rings. The Morgan fingerprint density at radius 1 is 1.24 bits per heavy atom. The van der Waals surface area contributed by atoms with E-state index in [1.807, 2.05) is 32.1 Å². The highest BCUT2D eigenvalue weighted by molar-refractivity contribution is 6.01. The van der Waals surface area contributed by atoms with Gasteiger partial charge in [0.2, 0.25) is 0 Å². The average molecular weight is 284 g/mol. The molecule has 4 heteroatoms. The van der Waals surface area contributed by atoms with Crippen LogP contribution in [0.1, 0.15) is 19.4 Å². The zero-order valence-corrected chi connectivity index (χ0v) is 12.2. The number of allylic oxidation sites excluding steroid dienone is 2. The maximum Gasteiger partial charge on any atom is 0.339 e. The van der Waals surface area contributed by atoms with Crippen LogP contribution in [0.5, 0.6) is 5.75 Å². The van der Waals surface area contributed by atoms with Gasteiger partial charge in [0.1, 0.15) is 16.9 Å². The van der Waals surface area contributed by atoms with Crippen molar-refractivity contribution in [1.82, 2.24) is 0 Å². The molecule has 0 bridgehead atoms. The second-order valence-corrected chi connectivity index (χ2v) is 5.20. The number of methoxy groups -OCH3 is 1. The smallest absolute Gasteiger partial charge is 0.339 e. The van der Waals surface area contributed by atoms with Crippen LogP contribution in [-0.4, -0.2) is 7.11 Å². The van der Waals surface area contributed by atoms with E-state index in [0.29, 0.717) is 28.9 Å². The van der Waals surface area contributed by atoms with E-state index in [2.05, 4.69) is 0 Å². The van der Waals surface area contributed by atoms with Crippen LogP contribution in [0.25, 0.3) is 21.9 Å². The minimum atomic E-state index is -0.326. The molecule has 108 valence electrons. The lowest BCUT2D eigenvalue weighted by atomic mass is 10.1. The third-order valence-corrected chi connectivity index (χ3v) is 3.43. The summed E-state index contributed by atoms with van der Waals surface area (Å²) < 4.78 is 16.3. The minimum Gasteiger partial charge on any atom is -0.495 e. The van der Waals surface area contributed by atoms with Crippen molar-refractivity contribution in [2.45, 2.75) is 20.3 Å². The highest BCUT2D eigenvalue weighted by Crippen LogP contribution is 2.35. The maximum absolute atomic E-state index is 12.1. The van der Waals surface area contributed by atoms with E-state index >= 15 is 0 Å². The van der Waals surface area contributed by atoms with Crippen LogP contribution in [0.4, 0.5) is 0 Å². The van der Waals surface area contributed by atoms with E-state index in [4.69, 9.17) is 13.6 Å². The van der Waals surface area contributed by atoms with Gasteiger partial charge in [-0.2, -0.15) is 0 Å². The summed E-state index contributed by atoms with van der Waals surface area (Å²) in [6.45, 7) is 4.00. The van der Waals surface area contributed by atoms with Crippen LogP contribution in [-0.2, 0) is 6.42 Å². The van der Waals surface area contributed by atoms with Gasteiger partial charge >= 0.3 is 5.63 Å². The Balaban J connectivity index is 2.30. The Kier molecular flexibility index (Phi) is 3.29. The van der Waals surface area contributed by atoms with Crippen molar-refractivity contribution in [3.05, 3.63) is 52.1 Å². The number of benzene rings is 1. The standard InChI is InChI=1S/C17H16O4/c1-10(2)4-5-11-8-13-15(21-17(11)18)9-14-12(6-7-20-14)16(13)19-3/h4,6-9H,5H2,1-3H3. The molecule has 0 unspecified atom stereocenters. The molecule has 0 aliphatic heterocycles. The molecule has 0 spiro atoms. The van der Waals surface area contributed by atoms with Crippen molar-refractivity contribution in [2.75, 3.05) is 7.11 Å². The zero-order chi connectivity index (χ0) is 15.0. The van der Waals surface area contributed by atoms with E-state index in [0.717, 1.165) is 16.3 Å². The van der Waals surface area contributed by atoms with Crippen molar-refractivity contribution in [3.8, 4) is 5.75 Å². The summed E-state index contributed by atoms with van der Waals surface area (Å²) in [7, 11) is 1.60. The van der Waals surface area contributed by atoms with Crippen molar-refractivity contribution in [1.29, 1.82) is 0 Å². The third-order valence-electron chi connectivity index (χ3n) is 3.43. The van der Waals surface area contributed by atoms with E-state index < -0.39 is 0 Å². The van der Waals surface area contributed by atoms with Crippen LogP contribution in [0.2, 0.25) is 0 Å². The van der Waals surface area contributed by atoms with Gasteiger partial charge in [0.05, 0.1) is 24.1 Å². The Labute approximate surface area is 121 Å². The fourth-order valence-electron chi connectivity index (χ4n) is 2.37. The second kappa shape index (κ2) is 5.13. The molecule has 0 aliphatic rings. The Hall–Kier alpha value is -2.49. The number of hydrogen-bond donors (Lipinski definition) is 0. The predicted octanol–water partition coefficient (Wildman–Crippen LogP) is 4.06. The molecule has 0 N–H and O–H groups in total. The lowest BCUT2D eigenvalue weighted by molar-refractivity contribution is 0.423. The summed E-state index contributed by atoms with van der Waals surface area (Å²) in [5.74, 6) is 0.665. The number of fused-ring (bicyclic) bond motifs is 2. The number of hydrogen-bond acceptors (Lipinski definition) is 4. The molecule has 2 heterocycles. The van der Waals surface area contributed by atoms with Crippen molar-refractivity contribution < 1.29 is 13.6 Å². The molecule has 2 aromatic heterocycles. The van der Waals surface area contributed by atoms with Gasteiger partial charge in [-0.15, -0.1) is 0 Å².